The van der Waals surface area contributed by atoms with E-state index in [1.807, 2.05) is 0 Å². The molecule has 1 aromatic rings. The van der Waals surface area contributed by atoms with Crippen LogP contribution in [-0.4, -0.2) is 30.1 Å². The van der Waals surface area contributed by atoms with Gasteiger partial charge in [-0.05, 0) is 25.0 Å². The van der Waals surface area contributed by atoms with Crippen molar-refractivity contribution in [1.29, 1.82) is 0 Å². The monoisotopic (exact) mass is 265 g/mol. The van der Waals surface area contributed by atoms with Gasteiger partial charge in [-0.15, -0.1) is 0 Å². The van der Waals surface area contributed by atoms with Gasteiger partial charge < -0.3 is 15.8 Å². The largest absolute Gasteiger partial charge is 0.377 e. The number of nitro benzene ring substituents is 1. The molecule has 102 valence electrons. The molecule has 0 aromatic heterocycles. The molecule has 1 fully saturated rings. The van der Waals surface area contributed by atoms with E-state index in [4.69, 9.17) is 10.5 Å². The van der Waals surface area contributed by atoms with Gasteiger partial charge in [-0.3, -0.25) is 14.9 Å². The van der Waals surface area contributed by atoms with Gasteiger partial charge in [0.2, 0.25) is 5.91 Å². The van der Waals surface area contributed by atoms with Gasteiger partial charge in [-0.25, -0.2) is 0 Å². The number of nitrogens with one attached hydrogen (secondary N) is 1. The highest BCUT2D eigenvalue weighted by Crippen LogP contribution is 2.26. The molecule has 0 unspecified atom stereocenters. The summed E-state index contributed by atoms with van der Waals surface area (Å²) in [6.07, 6.45) is 2.03. The second-order valence-electron chi connectivity index (χ2n) is 4.37. The molecule has 0 radical (unpaired) electrons. The minimum absolute atomic E-state index is 0.0791. The van der Waals surface area contributed by atoms with Crippen LogP contribution in [-0.2, 0) is 4.74 Å². The van der Waals surface area contributed by atoms with Crippen LogP contribution in [0.1, 0.15) is 23.2 Å². The fourth-order valence-electron chi connectivity index (χ4n) is 2.01. The minimum Gasteiger partial charge on any atom is -0.377 e. The van der Waals surface area contributed by atoms with Crippen LogP contribution in [0.4, 0.5) is 11.4 Å². The number of nitrogens with two attached hydrogens (primary N) is 1. The van der Waals surface area contributed by atoms with Gasteiger partial charge in [0, 0.05) is 24.8 Å². The summed E-state index contributed by atoms with van der Waals surface area (Å²) >= 11 is 0. The van der Waals surface area contributed by atoms with Gasteiger partial charge in [0.1, 0.15) is 5.69 Å². The van der Waals surface area contributed by atoms with E-state index < -0.39 is 10.8 Å². The molecule has 1 amide bonds. The predicted octanol–water partition coefficient (Wildman–Crippen LogP) is 1.28. The third-order valence-corrected chi connectivity index (χ3v) is 3.02. The van der Waals surface area contributed by atoms with Gasteiger partial charge in [-0.1, -0.05) is 0 Å². The molecule has 0 aliphatic carbocycles. The average molecular weight is 265 g/mol. The van der Waals surface area contributed by atoms with Crippen LogP contribution < -0.4 is 11.1 Å². The molecular weight excluding hydrogens is 250 g/mol. The molecule has 1 saturated heterocycles. The Labute approximate surface area is 109 Å². The first-order chi connectivity index (χ1) is 9.08. The van der Waals surface area contributed by atoms with Crippen molar-refractivity contribution in [3.63, 3.8) is 0 Å². The molecule has 0 bridgehead atoms. The fourth-order valence-corrected chi connectivity index (χ4v) is 2.01. The Kier molecular flexibility index (Phi) is 3.96. The highest BCUT2D eigenvalue weighted by Gasteiger charge is 2.19. The molecule has 3 N–H and O–H groups in total. The first-order valence-electron chi connectivity index (χ1n) is 6.01. The number of carbonyl (C=O) groups excluding carboxylic acids is 1. The van der Waals surface area contributed by atoms with Gasteiger partial charge in [0.15, 0.2) is 0 Å². The Balaban J connectivity index is 2.14. The lowest BCUT2D eigenvalue weighted by Crippen LogP contribution is -2.19. The smallest absolute Gasteiger partial charge is 0.293 e. The van der Waals surface area contributed by atoms with E-state index >= 15 is 0 Å². The number of hydrogen-bond acceptors (Lipinski definition) is 5. The number of ether oxygens (including phenoxy) is 1. The maximum absolute atomic E-state index is 11.0. The van der Waals surface area contributed by atoms with Gasteiger partial charge in [-0.2, -0.15) is 0 Å². The molecule has 1 heterocycles. The summed E-state index contributed by atoms with van der Waals surface area (Å²) in [5.74, 6) is -0.686. The zero-order valence-corrected chi connectivity index (χ0v) is 10.3. The summed E-state index contributed by atoms with van der Waals surface area (Å²) in [6.45, 7) is 1.24. The summed E-state index contributed by atoms with van der Waals surface area (Å²) in [6, 6.07) is 4.14. The first kappa shape index (κ1) is 13.3. The number of hydrogen-bond donors (Lipinski definition) is 2. The maximum atomic E-state index is 11.0. The molecule has 1 aliphatic heterocycles. The van der Waals surface area contributed by atoms with E-state index in [2.05, 4.69) is 5.32 Å². The van der Waals surface area contributed by atoms with Crippen molar-refractivity contribution in [3.05, 3.63) is 33.9 Å². The summed E-state index contributed by atoms with van der Waals surface area (Å²) in [4.78, 5) is 21.5. The Morgan fingerprint density at radius 1 is 1.58 bits per heavy atom. The van der Waals surface area contributed by atoms with Crippen LogP contribution in [0.15, 0.2) is 18.2 Å². The fraction of sp³-hybridized carbons (Fsp3) is 0.417. The van der Waals surface area contributed by atoms with Crippen molar-refractivity contribution in [2.24, 2.45) is 5.73 Å². The third-order valence-electron chi connectivity index (χ3n) is 3.02. The molecule has 1 atom stereocenters. The molecule has 0 saturated carbocycles. The zero-order valence-electron chi connectivity index (χ0n) is 10.3. The van der Waals surface area contributed by atoms with Crippen LogP contribution in [0.25, 0.3) is 0 Å². The maximum Gasteiger partial charge on any atom is 0.293 e. The van der Waals surface area contributed by atoms with Gasteiger partial charge >= 0.3 is 0 Å². The normalized spacial score (nSPS) is 18.2. The van der Waals surface area contributed by atoms with E-state index in [0.717, 1.165) is 19.4 Å². The average Bonchev–Trinajstić information content (AvgIpc) is 2.89. The molecule has 1 aliphatic rings. The predicted molar refractivity (Wildman–Crippen MR) is 69.1 cm³/mol. The summed E-state index contributed by atoms with van der Waals surface area (Å²) in [5.41, 5.74) is 5.43. The lowest BCUT2D eigenvalue weighted by Gasteiger charge is -2.12. The molecule has 7 nitrogen and oxygen atoms in total. The highest BCUT2D eigenvalue weighted by molar-refractivity contribution is 5.94. The van der Waals surface area contributed by atoms with Crippen molar-refractivity contribution >= 4 is 17.3 Å². The van der Waals surface area contributed by atoms with Crippen molar-refractivity contribution in [3.8, 4) is 0 Å². The third kappa shape index (κ3) is 3.19. The second kappa shape index (κ2) is 5.66. The van der Waals surface area contributed by atoms with Crippen molar-refractivity contribution in [2.45, 2.75) is 18.9 Å². The minimum atomic E-state index is -0.686. The first-order valence-corrected chi connectivity index (χ1v) is 6.01. The summed E-state index contributed by atoms with van der Waals surface area (Å²) in [7, 11) is 0. The van der Waals surface area contributed by atoms with E-state index in [1.165, 1.54) is 18.2 Å². The van der Waals surface area contributed by atoms with E-state index in [-0.39, 0.29) is 17.4 Å². The van der Waals surface area contributed by atoms with Crippen LogP contribution >= 0.6 is 0 Å². The lowest BCUT2D eigenvalue weighted by atomic mass is 10.1. The van der Waals surface area contributed by atoms with Gasteiger partial charge in [0.05, 0.1) is 11.0 Å². The molecular formula is C12H15N3O4. The van der Waals surface area contributed by atoms with E-state index in [0.29, 0.717) is 12.2 Å². The summed E-state index contributed by atoms with van der Waals surface area (Å²) < 4.78 is 5.43. The molecule has 2 rings (SSSR count). The van der Waals surface area contributed by atoms with Crippen molar-refractivity contribution in [1.82, 2.24) is 0 Å². The van der Waals surface area contributed by atoms with Crippen LogP contribution in [0.3, 0.4) is 0 Å². The van der Waals surface area contributed by atoms with Crippen molar-refractivity contribution < 1.29 is 14.5 Å². The Morgan fingerprint density at radius 3 is 2.95 bits per heavy atom. The number of nitrogens with zero attached hydrogens (tertiary/aromatic N) is 1. The SMILES string of the molecule is NC(=O)c1ccc(NC[C@@H]2CCCO2)c([N+](=O)[O-])c1. The van der Waals surface area contributed by atoms with Gasteiger partial charge in [0.25, 0.3) is 5.69 Å². The molecule has 0 spiro atoms. The number of anilines is 1. The Hall–Kier alpha value is -2.15. The Morgan fingerprint density at radius 2 is 2.37 bits per heavy atom. The van der Waals surface area contributed by atoms with Crippen molar-refractivity contribution in [2.75, 3.05) is 18.5 Å². The van der Waals surface area contributed by atoms with E-state index in [9.17, 15) is 14.9 Å². The molecule has 1 aromatic carbocycles. The second-order valence-corrected chi connectivity index (χ2v) is 4.37. The topological polar surface area (TPSA) is 107 Å². The van der Waals surface area contributed by atoms with Crippen LogP contribution in [0, 0.1) is 10.1 Å². The van der Waals surface area contributed by atoms with Crippen LogP contribution in [0.2, 0.25) is 0 Å². The Bertz CT molecular complexity index is 498. The molecule has 7 heteroatoms. The van der Waals surface area contributed by atoms with E-state index in [1.54, 1.807) is 0 Å². The summed E-state index contributed by atoms with van der Waals surface area (Å²) in [5, 5.41) is 14.0. The number of primary amides is 1. The number of nitro groups is 1. The number of rotatable bonds is 5. The quantitative estimate of drug-likeness (QED) is 0.616. The number of carbonyl (C=O) groups is 1. The standard InChI is InChI=1S/C12H15N3O4/c13-12(16)8-3-4-10(11(6-8)15(17)18)14-7-9-2-1-5-19-9/h3-4,6,9,14H,1-2,5,7H2,(H2,13,16)/t9-/m0/s1. The number of amides is 1. The van der Waals surface area contributed by atoms with Crippen LogP contribution in [0.5, 0.6) is 0 Å². The molecule has 19 heavy (non-hydrogen) atoms. The highest BCUT2D eigenvalue weighted by atomic mass is 16.6. The lowest BCUT2D eigenvalue weighted by molar-refractivity contribution is -0.384. The zero-order chi connectivity index (χ0) is 13.8. The number of benzene rings is 1.